The van der Waals surface area contributed by atoms with Crippen LogP contribution in [0.1, 0.15) is 52.6 Å². The Morgan fingerprint density at radius 1 is 1.05 bits per heavy atom. The van der Waals surface area contributed by atoms with Crippen LogP contribution in [0.15, 0.2) is 86.0 Å². The third-order valence-electron chi connectivity index (χ3n) is 9.98. The monoisotopic (exact) mass is 599 g/mol. The Balaban J connectivity index is 1.70. The molecule has 234 valence electrons. The van der Waals surface area contributed by atoms with Gasteiger partial charge in [0.2, 0.25) is 17.7 Å². The predicted octanol–water partition coefficient (Wildman–Crippen LogP) is 4.76. The van der Waals surface area contributed by atoms with Crippen LogP contribution in [0.3, 0.4) is 0 Å². The van der Waals surface area contributed by atoms with Crippen LogP contribution >= 0.6 is 0 Å². The minimum atomic E-state index is -1.26. The summed E-state index contributed by atoms with van der Waals surface area (Å²) in [5.74, 6) is -2.75. The van der Waals surface area contributed by atoms with E-state index in [9.17, 15) is 19.5 Å². The molecular formula is C36H45N3O5. The maximum Gasteiger partial charge on any atom is 0.249 e. The highest BCUT2D eigenvalue weighted by atomic mass is 16.5. The fraction of sp³-hybridized carbons (Fsp3) is 0.472. The number of amides is 3. The van der Waals surface area contributed by atoms with Gasteiger partial charge in [-0.25, -0.2) is 0 Å². The topological polar surface area (TPSA) is 90.4 Å². The van der Waals surface area contributed by atoms with Crippen molar-refractivity contribution >= 4 is 23.4 Å². The minimum absolute atomic E-state index is 0.121. The van der Waals surface area contributed by atoms with Gasteiger partial charge in [-0.2, -0.15) is 0 Å². The fourth-order valence-electron chi connectivity index (χ4n) is 7.90. The zero-order chi connectivity index (χ0) is 32.0. The number of para-hydroxylation sites is 1. The fourth-order valence-corrected chi connectivity index (χ4v) is 7.90. The molecule has 0 aliphatic carbocycles. The molecule has 3 amide bonds. The summed E-state index contributed by atoms with van der Waals surface area (Å²) in [5, 5.41) is 10.8. The van der Waals surface area contributed by atoms with E-state index < -0.39 is 47.3 Å². The van der Waals surface area contributed by atoms with Crippen LogP contribution in [-0.4, -0.2) is 75.1 Å². The van der Waals surface area contributed by atoms with Crippen molar-refractivity contribution in [2.24, 2.45) is 17.8 Å². The number of ether oxygens (including phenoxy) is 1. The molecule has 8 heteroatoms. The average Bonchev–Trinajstić information content (AvgIpc) is 3.51. The molecular weight excluding hydrogens is 554 g/mol. The number of hydrogen-bond acceptors (Lipinski definition) is 5. The van der Waals surface area contributed by atoms with Crippen LogP contribution in [0, 0.1) is 17.8 Å². The normalized spacial score (nSPS) is 29.7. The third kappa shape index (κ3) is 4.79. The minimum Gasteiger partial charge on any atom is -0.394 e. The smallest absolute Gasteiger partial charge is 0.249 e. The summed E-state index contributed by atoms with van der Waals surface area (Å²) in [6, 6.07) is 16.7. The van der Waals surface area contributed by atoms with E-state index in [4.69, 9.17) is 4.74 Å². The molecule has 5 rings (SSSR count). The van der Waals surface area contributed by atoms with Crippen LogP contribution in [-0.2, 0) is 19.1 Å². The lowest BCUT2D eigenvalue weighted by molar-refractivity contribution is -0.158. The number of carbonyl (C=O) groups is 3. The van der Waals surface area contributed by atoms with Crippen molar-refractivity contribution in [2.75, 3.05) is 24.6 Å². The lowest BCUT2D eigenvalue weighted by atomic mass is 9.62. The Kier molecular flexibility index (Phi) is 8.37. The number of benzene rings is 2. The number of carbonyl (C=O) groups excluding carboxylic acids is 3. The molecule has 7 atom stereocenters. The number of aliphatic hydroxyl groups excluding tert-OH is 1. The molecule has 3 fully saturated rings. The molecule has 2 aromatic rings. The number of hydrogen-bond donors (Lipinski definition) is 1. The van der Waals surface area contributed by atoms with Gasteiger partial charge in [-0.15, -0.1) is 13.2 Å². The quantitative estimate of drug-likeness (QED) is 0.398. The average molecular weight is 600 g/mol. The van der Waals surface area contributed by atoms with Gasteiger partial charge >= 0.3 is 0 Å². The zero-order valence-electron chi connectivity index (χ0n) is 26.5. The molecule has 3 aliphatic heterocycles. The molecule has 3 heterocycles. The maximum absolute atomic E-state index is 14.9. The van der Waals surface area contributed by atoms with Gasteiger partial charge in [0.05, 0.1) is 30.1 Å². The van der Waals surface area contributed by atoms with Gasteiger partial charge in [0, 0.05) is 24.3 Å². The Hall–Kier alpha value is -3.75. The first-order chi connectivity index (χ1) is 20.9. The Morgan fingerprint density at radius 2 is 1.64 bits per heavy atom. The summed E-state index contributed by atoms with van der Waals surface area (Å²) < 4.78 is 7.00. The van der Waals surface area contributed by atoms with E-state index in [0.717, 1.165) is 0 Å². The molecule has 2 bridgehead atoms. The number of aliphatic hydroxyl groups is 1. The lowest BCUT2D eigenvalue weighted by Gasteiger charge is -2.43. The summed E-state index contributed by atoms with van der Waals surface area (Å²) >= 11 is 0. The highest BCUT2D eigenvalue weighted by molar-refractivity contribution is 6.03. The second-order valence-corrected chi connectivity index (χ2v) is 13.5. The number of fused-ring (bicyclic) bond motifs is 1. The summed E-state index contributed by atoms with van der Waals surface area (Å²) in [4.78, 5) is 49.4. The molecule has 2 aromatic carbocycles. The maximum atomic E-state index is 14.9. The van der Waals surface area contributed by atoms with Gasteiger partial charge < -0.3 is 24.5 Å². The van der Waals surface area contributed by atoms with Crippen LogP contribution in [0.2, 0.25) is 0 Å². The van der Waals surface area contributed by atoms with Crippen molar-refractivity contribution in [3.8, 4) is 0 Å². The first-order valence-electron chi connectivity index (χ1n) is 15.4. The van der Waals surface area contributed by atoms with Gasteiger partial charge in [-0.05, 0) is 57.7 Å². The van der Waals surface area contributed by atoms with Crippen molar-refractivity contribution in [2.45, 2.75) is 69.9 Å². The van der Waals surface area contributed by atoms with Gasteiger partial charge in [-0.1, -0.05) is 67.6 Å². The second-order valence-electron chi connectivity index (χ2n) is 13.5. The SMILES string of the molecule is C=CCN(C(=O)[C@@H]1[C@H]2C(=O)N([C@H](CO)c3ccccc3)C(C(=O)N(CC=C)C(C)(C)C)C23CC(C)[C@@]1(C)O3)c1ccccc1. The highest BCUT2D eigenvalue weighted by Crippen LogP contribution is 2.66. The number of likely N-dealkylation sites (tertiary alicyclic amines) is 1. The van der Waals surface area contributed by atoms with Crippen molar-refractivity contribution in [3.63, 3.8) is 0 Å². The van der Waals surface area contributed by atoms with Gasteiger partial charge in [0.15, 0.2) is 0 Å². The molecule has 1 spiro atoms. The van der Waals surface area contributed by atoms with E-state index in [0.29, 0.717) is 17.7 Å². The van der Waals surface area contributed by atoms with Gasteiger partial charge in [0.25, 0.3) is 0 Å². The largest absolute Gasteiger partial charge is 0.394 e. The van der Waals surface area contributed by atoms with E-state index in [1.807, 2.05) is 95.3 Å². The summed E-state index contributed by atoms with van der Waals surface area (Å²) in [7, 11) is 0. The van der Waals surface area contributed by atoms with Crippen LogP contribution in [0.4, 0.5) is 5.69 Å². The standard InChI is InChI=1S/C36H45N3O5/c1-8-20-37(26-18-14-11-15-19-26)31(41)28-29-32(42)39(27(23-40)25-16-12-10-13-17-25)30(33(43)38(21-9-2)34(4,5)6)36(29)22-24(3)35(28,7)44-36/h8-19,24,27-30,40H,1-2,20-23H2,3-7H3/t24?,27-,28+,29+,30?,35-,36?/m1/s1. The molecule has 44 heavy (non-hydrogen) atoms. The molecule has 0 radical (unpaired) electrons. The van der Waals surface area contributed by atoms with Crippen molar-refractivity contribution in [1.82, 2.24) is 9.80 Å². The lowest BCUT2D eigenvalue weighted by Crippen LogP contribution is -2.60. The van der Waals surface area contributed by atoms with Gasteiger partial charge in [0.1, 0.15) is 11.6 Å². The van der Waals surface area contributed by atoms with E-state index in [2.05, 4.69) is 13.2 Å². The highest BCUT2D eigenvalue weighted by Gasteiger charge is 2.80. The number of anilines is 1. The Labute approximate surface area is 261 Å². The van der Waals surface area contributed by atoms with Crippen molar-refractivity contribution in [3.05, 3.63) is 91.5 Å². The van der Waals surface area contributed by atoms with Crippen molar-refractivity contribution in [1.29, 1.82) is 0 Å². The van der Waals surface area contributed by atoms with E-state index >= 15 is 0 Å². The zero-order valence-corrected chi connectivity index (χ0v) is 26.5. The molecule has 8 nitrogen and oxygen atoms in total. The predicted molar refractivity (Wildman–Crippen MR) is 171 cm³/mol. The molecule has 3 unspecified atom stereocenters. The molecule has 0 aromatic heterocycles. The second kappa shape index (κ2) is 11.6. The summed E-state index contributed by atoms with van der Waals surface area (Å²) in [5.41, 5.74) is -1.43. The van der Waals surface area contributed by atoms with E-state index in [1.165, 1.54) is 4.90 Å². The summed E-state index contributed by atoms with van der Waals surface area (Å²) in [6.07, 6.45) is 3.78. The van der Waals surface area contributed by atoms with E-state index in [1.54, 1.807) is 22.0 Å². The molecule has 0 saturated carbocycles. The van der Waals surface area contributed by atoms with Crippen LogP contribution < -0.4 is 4.90 Å². The molecule has 1 N–H and O–H groups in total. The van der Waals surface area contributed by atoms with Crippen molar-refractivity contribution < 1.29 is 24.2 Å². The van der Waals surface area contributed by atoms with Gasteiger partial charge in [-0.3, -0.25) is 14.4 Å². The summed E-state index contributed by atoms with van der Waals surface area (Å²) in [6.45, 7) is 17.7. The molecule has 3 aliphatic rings. The van der Waals surface area contributed by atoms with Crippen LogP contribution in [0.5, 0.6) is 0 Å². The third-order valence-corrected chi connectivity index (χ3v) is 9.98. The number of nitrogens with zero attached hydrogens (tertiary/aromatic N) is 3. The molecule has 3 saturated heterocycles. The first kappa shape index (κ1) is 31.7. The van der Waals surface area contributed by atoms with E-state index in [-0.39, 0.29) is 36.7 Å². The first-order valence-corrected chi connectivity index (χ1v) is 15.4. The van der Waals surface area contributed by atoms with Crippen LogP contribution in [0.25, 0.3) is 0 Å². The Bertz CT molecular complexity index is 1420. The number of rotatable bonds is 10. The Morgan fingerprint density at radius 3 is 2.18 bits per heavy atom.